The van der Waals surface area contributed by atoms with Gasteiger partial charge in [0.2, 0.25) is 0 Å². The Morgan fingerprint density at radius 1 is 0.895 bits per heavy atom. The molecule has 1 unspecified atom stereocenters. The third-order valence-electron chi connectivity index (χ3n) is 4.80. The van der Waals surface area contributed by atoms with Crippen molar-refractivity contribution in [2.24, 2.45) is 5.92 Å². The minimum Gasteiger partial charge on any atom is -0.315 e. The van der Waals surface area contributed by atoms with Crippen LogP contribution in [0.4, 0.5) is 0 Å². The van der Waals surface area contributed by atoms with E-state index < -0.39 is 0 Å². The second-order valence-corrected chi connectivity index (χ2v) is 6.37. The fraction of sp³-hybridized carbons (Fsp3) is 1.00. The van der Waals surface area contributed by atoms with E-state index >= 15 is 0 Å². The minimum absolute atomic E-state index is 1.01. The Morgan fingerprint density at radius 3 is 2.53 bits per heavy atom. The van der Waals surface area contributed by atoms with Crippen molar-refractivity contribution in [1.29, 1.82) is 0 Å². The molecule has 1 atom stereocenters. The molecular weight excluding hydrogens is 234 g/mol. The van der Waals surface area contributed by atoms with Crippen LogP contribution in [0.1, 0.15) is 45.4 Å². The number of likely N-dealkylation sites (tertiary alicyclic amines) is 1. The third kappa shape index (κ3) is 5.80. The molecular formula is C16H33N3. The van der Waals surface area contributed by atoms with Gasteiger partial charge in [-0.25, -0.2) is 0 Å². The Morgan fingerprint density at radius 2 is 1.68 bits per heavy atom. The van der Waals surface area contributed by atoms with Gasteiger partial charge in [-0.2, -0.15) is 0 Å². The summed E-state index contributed by atoms with van der Waals surface area (Å²) in [5, 5.41) is 3.49. The summed E-state index contributed by atoms with van der Waals surface area (Å²) in [6.07, 6.45) is 8.47. The molecule has 2 aliphatic heterocycles. The maximum atomic E-state index is 3.49. The van der Waals surface area contributed by atoms with Gasteiger partial charge in [-0.1, -0.05) is 19.8 Å². The van der Waals surface area contributed by atoms with Gasteiger partial charge in [-0.05, 0) is 57.8 Å². The zero-order valence-corrected chi connectivity index (χ0v) is 12.9. The lowest BCUT2D eigenvalue weighted by atomic mass is 9.96. The molecule has 19 heavy (non-hydrogen) atoms. The lowest BCUT2D eigenvalue weighted by Crippen LogP contribution is -2.37. The summed E-state index contributed by atoms with van der Waals surface area (Å²) in [5.74, 6) is 1.01. The van der Waals surface area contributed by atoms with Crippen LogP contribution in [0.15, 0.2) is 0 Å². The largest absolute Gasteiger partial charge is 0.315 e. The average molecular weight is 267 g/mol. The number of hydrogen-bond acceptors (Lipinski definition) is 3. The van der Waals surface area contributed by atoms with Gasteiger partial charge >= 0.3 is 0 Å². The highest BCUT2D eigenvalue weighted by molar-refractivity contribution is 4.72. The quantitative estimate of drug-likeness (QED) is 0.824. The van der Waals surface area contributed by atoms with E-state index in [1.807, 2.05) is 0 Å². The molecule has 0 amide bonds. The molecule has 0 bridgehead atoms. The fourth-order valence-corrected chi connectivity index (χ4v) is 3.55. The smallest absolute Gasteiger partial charge is 0.0110 e. The van der Waals surface area contributed by atoms with Crippen molar-refractivity contribution in [3.05, 3.63) is 0 Å². The maximum absolute atomic E-state index is 3.49. The molecule has 3 heteroatoms. The SMILES string of the molecule is CCCC1CCCN(CCN2CCCNCC2)CC1. The van der Waals surface area contributed by atoms with E-state index in [4.69, 9.17) is 0 Å². The van der Waals surface area contributed by atoms with E-state index in [9.17, 15) is 0 Å². The van der Waals surface area contributed by atoms with Crippen LogP contribution in [0.2, 0.25) is 0 Å². The predicted molar refractivity (Wildman–Crippen MR) is 82.6 cm³/mol. The predicted octanol–water partition coefficient (Wildman–Crippen LogP) is 2.18. The first-order valence-corrected chi connectivity index (χ1v) is 8.54. The highest BCUT2D eigenvalue weighted by Gasteiger charge is 2.17. The maximum Gasteiger partial charge on any atom is 0.0110 e. The summed E-state index contributed by atoms with van der Waals surface area (Å²) in [4.78, 5) is 5.36. The molecule has 2 saturated heterocycles. The van der Waals surface area contributed by atoms with Crippen LogP contribution >= 0.6 is 0 Å². The molecule has 2 fully saturated rings. The minimum atomic E-state index is 1.01. The van der Waals surface area contributed by atoms with E-state index in [0.717, 1.165) is 5.92 Å². The molecule has 0 aromatic rings. The zero-order valence-electron chi connectivity index (χ0n) is 12.9. The third-order valence-corrected chi connectivity index (χ3v) is 4.80. The van der Waals surface area contributed by atoms with E-state index in [2.05, 4.69) is 22.0 Å². The summed E-state index contributed by atoms with van der Waals surface area (Å²) in [5.41, 5.74) is 0. The Bertz CT molecular complexity index is 224. The summed E-state index contributed by atoms with van der Waals surface area (Å²) in [7, 11) is 0. The summed E-state index contributed by atoms with van der Waals surface area (Å²) in [6, 6.07) is 0. The first kappa shape index (κ1) is 15.3. The first-order valence-electron chi connectivity index (χ1n) is 8.54. The summed E-state index contributed by atoms with van der Waals surface area (Å²) in [6.45, 7) is 12.5. The van der Waals surface area contributed by atoms with E-state index in [1.54, 1.807) is 0 Å². The average Bonchev–Trinajstić information content (AvgIpc) is 2.80. The van der Waals surface area contributed by atoms with Gasteiger partial charge in [0, 0.05) is 26.2 Å². The molecule has 3 nitrogen and oxygen atoms in total. The normalized spacial score (nSPS) is 27.9. The first-order chi connectivity index (χ1) is 9.38. The highest BCUT2D eigenvalue weighted by Crippen LogP contribution is 2.21. The van der Waals surface area contributed by atoms with Crippen molar-refractivity contribution in [2.75, 3.05) is 52.4 Å². The van der Waals surface area contributed by atoms with Gasteiger partial charge in [-0.15, -0.1) is 0 Å². The van der Waals surface area contributed by atoms with Crippen LogP contribution in [-0.4, -0.2) is 62.2 Å². The molecule has 0 saturated carbocycles. The van der Waals surface area contributed by atoms with E-state index in [0.29, 0.717) is 0 Å². The second-order valence-electron chi connectivity index (χ2n) is 6.37. The van der Waals surface area contributed by atoms with Gasteiger partial charge in [0.15, 0.2) is 0 Å². The monoisotopic (exact) mass is 267 g/mol. The lowest BCUT2D eigenvalue weighted by molar-refractivity contribution is 0.213. The number of hydrogen-bond donors (Lipinski definition) is 1. The van der Waals surface area contributed by atoms with Gasteiger partial charge in [-0.3, -0.25) is 0 Å². The Labute approximate surface area is 119 Å². The second kappa shape index (κ2) is 8.93. The van der Waals surface area contributed by atoms with Crippen molar-refractivity contribution < 1.29 is 0 Å². The van der Waals surface area contributed by atoms with Crippen LogP contribution in [0.25, 0.3) is 0 Å². The van der Waals surface area contributed by atoms with E-state index in [1.165, 1.54) is 90.9 Å². The van der Waals surface area contributed by atoms with Crippen LogP contribution in [0, 0.1) is 5.92 Å². The van der Waals surface area contributed by atoms with Gasteiger partial charge in [0.1, 0.15) is 0 Å². The van der Waals surface area contributed by atoms with Crippen LogP contribution in [0.3, 0.4) is 0 Å². The Kier molecular flexibility index (Phi) is 7.18. The molecule has 0 radical (unpaired) electrons. The van der Waals surface area contributed by atoms with Crippen molar-refractivity contribution in [3.63, 3.8) is 0 Å². The Hall–Kier alpha value is -0.120. The molecule has 2 heterocycles. The molecule has 1 N–H and O–H groups in total. The van der Waals surface area contributed by atoms with Gasteiger partial charge in [0.05, 0.1) is 0 Å². The molecule has 0 aromatic heterocycles. The number of nitrogens with zero attached hydrogens (tertiary/aromatic N) is 2. The molecule has 112 valence electrons. The molecule has 2 aliphatic rings. The molecule has 0 aromatic carbocycles. The Balaban J connectivity index is 1.64. The number of rotatable bonds is 5. The van der Waals surface area contributed by atoms with Crippen LogP contribution < -0.4 is 5.32 Å². The number of nitrogens with one attached hydrogen (secondary N) is 1. The van der Waals surface area contributed by atoms with E-state index in [-0.39, 0.29) is 0 Å². The lowest BCUT2D eigenvalue weighted by Gasteiger charge is -2.25. The molecule has 0 spiro atoms. The highest BCUT2D eigenvalue weighted by atomic mass is 15.2. The molecule has 0 aliphatic carbocycles. The van der Waals surface area contributed by atoms with Crippen molar-refractivity contribution in [1.82, 2.24) is 15.1 Å². The summed E-state index contributed by atoms with van der Waals surface area (Å²) >= 11 is 0. The van der Waals surface area contributed by atoms with Gasteiger partial charge < -0.3 is 15.1 Å². The van der Waals surface area contributed by atoms with Crippen molar-refractivity contribution in [3.8, 4) is 0 Å². The summed E-state index contributed by atoms with van der Waals surface area (Å²) < 4.78 is 0. The fourth-order valence-electron chi connectivity index (χ4n) is 3.55. The molecule has 2 rings (SSSR count). The standard InChI is InChI=1S/C16H33N3/c1-2-5-16-6-3-10-18(12-7-16)14-15-19-11-4-8-17-9-13-19/h16-17H,2-15H2,1H3. The topological polar surface area (TPSA) is 18.5 Å². The van der Waals surface area contributed by atoms with Crippen LogP contribution in [-0.2, 0) is 0 Å². The van der Waals surface area contributed by atoms with Crippen LogP contribution in [0.5, 0.6) is 0 Å². The van der Waals surface area contributed by atoms with Crippen molar-refractivity contribution in [2.45, 2.75) is 45.4 Å². The van der Waals surface area contributed by atoms with Crippen molar-refractivity contribution >= 4 is 0 Å². The zero-order chi connectivity index (χ0) is 13.3. The van der Waals surface area contributed by atoms with Gasteiger partial charge in [0.25, 0.3) is 0 Å².